The van der Waals surface area contributed by atoms with E-state index in [1.165, 1.54) is 41.0 Å². The average molecular weight is 592 g/mol. The van der Waals surface area contributed by atoms with Crippen LogP contribution in [0.5, 0.6) is 0 Å². The van der Waals surface area contributed by atoms with Crippen LogP contribution in [0, 0.1) is 25.5 Å². The third-order valence-corrected chi connectivity index (χ3v) is 7.93. The van der Waals surface area contributed by atoms with Gasteiger partial charge in [0.2, 0.25) is 0 Å². The van der Waals surface area contributed by atoms with Gasteiger partial charge in [0.05, 0.1) is 29.6 Å². The van der Waals surface area contributed by atoms with Crippen LogP contribution < -0.4 is 5.56 Å². The molecule has 5 rings (SSSR count). The first-order valence-electron chi connectivity index (χ1n) is 13.2. The Morgan fingerprint density at radius 1 is 1.07 bits per heavy atom. The molecular formula is C32H28ClF2N3O4. The maximum atomic E-state index is 15.4. The Kier molecular flexibility index (Phi) is 7.72. The number of carbonyl (C=O) groups is 2. The minimum atomic E-state index is -0.705. The predicted molar refractivity (Wildman–Crippen MR) is 156 cm³/mol. The Morgan fingerprint density at radius 3 is 2.50 bits per heavy atom. The standard InChI is InChI=1S/C32H28ClF2N3O4/c1-16-15-36-26(21-7-6-8-22(29(21)35)30(39)37(3)4)14-27(16)38-17(2)9-25(28(33)31(38)40)24-13-23(24)18-10-19(32(41)42-5)12-20(34)11-18/h6-12,14-15,23-24H,13H2,1-5H3/t23-,24+/m1/s1. The number of nitrogens with zero attached hydrogens (tertiary/aromatic N) is 3. The predicted octanol–water partition coefficient (Wildman–Crippen LogP) is 6.21. The van der Waals surface area contributed by atoms with E-state index in [1.807, 2.05) is 6.07 Å². The van der Waals surface area contributed by atoms with E-state index in [0.29, 0.717) is 34.5 Å². The van der Waals surface area contributed by atoms with E-state index in [2.05, 4.69) is 4.98 Å². The number of hydrogen-bond acceptors (Lipinski definition) is 5. The third kappa shape index (κ3) is 5.20. The molecule has 0 unspecified atom stereocenters. The van der Waals surface area contributed by atoms with Crippen LogP contribution in [0.2, 0.25) is 5.02 Å². The van der Waals surface area contributed by atoms with Crippen molar-refractivity contribution in [3.8, 4) is 16.9 Å². The number of aromatic nitrogens is 2. The summed E-state index contributed by atoms with van der Waals surface area (Å²) in [4.78, 5) is 43.8. The highest BCUT2D eigenvalue weighted by atomic mass is 35.5. The summed E-state index contributed by atoms with van der Waals surface area (Å²) in [5, 5.41) is 0.0280. The Labute approximate surface area is 246 Å². The zero-order valence-corrected chi connectivity index (χ0v) is 24.4. The van der Waals surface area contributed by atoms with E-state index in [9.17, 15) is 18.8 Å². The summed E-state index contributed by atoms with van der Waals surface area (Å²) in [5.41, 5.74) is 2.95. The molecular weight excluding hydrogens is 564 g/mol. The number of methoxy groups -OCH3 is 1. The normalized spacial score (nSPS) is 15.8. The summed E-state index contributed by atoms with van der Waals surface area (Å²) in [7, 11) is 4.32. The van der Waals surface area contributed by atoms with Gasteiger partial charge < -0.3 is 9.64 Å². The molecule has 4 aromatic rings. The minimum Gasteiger partial charge on any atom is -0.465 e. The molecule has 10 heteroatoms. The summed E-state index contributed by atoms with van der Waals surface area (Å²) in [5.74, 6) is -2.62. The molecule has 42 heavy (non-hydrogen) atoms. The van der Waals surface area contributed by atoms with E-state index >= 15 is 4.39 Å². The largest absolute Gasteiger partial charge is 0.465 e. The number of pyridine rings is 2. The van der Waals surface area contributed by atoms with Crippen molar-refractivity contribution >= 4 is 23.5 Å². The van der Waals surface area contributed by atoms with Gasteiger partial charge in [-0.3, -0.25) is 19.1 Å². The van der Waals surface area contributed by atoms with E-state index < -0.39 is 29.1 Å². The Morgan fingerprint density at radius 2 is 1.81 bits per heavy atom. The van der Waals surface area contributed by atoms with Crippen LogP contribution in [0.3, 0.4) is 0 Å². The zero-order chi connectivity index (χ0) is 30.5. The number of halogens is 3. The van der Waals surface area contributed by atoms with E-state index in [4.69, 9.17) is 16.3 Å². The Balaban J connectivity index is 1.53. The maximum absolute atomic E-state index is 15.4. The second kappa shape index (κ2) is 11.1. The van der Waals surface area contributed by atoms with E-state index in [1.54, 1.807) is 46.1 Å². The second-order valence-corrected chi connectivity index (χ2v) is 11.0. The van der Waals surface area contributed by atoms with Crippen LogP contribution in [0.15, 0.2) is 59.5 Å². The molecule has 2 atom stereocenters. The van der Waals surface area contributed by atoms with Crippen LogP contribution >= 0.6 is 11.6 Å². The fourth-order valence-electron chi connectivity index (χ4n) is 5.31. The van der Waals surface area contributed by atoms with Gasteiger partial charge in [-0.15, -0.1) is 0 Å². The molecule has 1 saturated carbocycles. The molecule has 216 valence electrons. The first kappa shape index (κ1) is 29.1. The molecule has 0 radical (unpaired) electrons. The lowest BCUT2D eigenvalue weighted by Crippen LogP contribution is -2.23. The number of amides is 1. The van der Waals surface area contributed by atoms with Gasteiger partial charge in [0, 0.05) is 31.5 Å². The van der Waals surface area contributed by atoms with Gasteiger partial charge in [-0.2, -0.15) is 0 Å². The van der Waals surface area contributed by atoms with Crippen LogP contribution in [-0.2, 0) is 4.74 Å². The van der Waals surface area contributed by atoms with Gasteiger partial charge in [-0.05, 0) is 91.3 Å². The first-order valence-corrected chi connectivity index (χ1v) is 13.6. The number of ether oxygens (including phenoxy) is 1. The van der Waals surface area contributed by atoms with Crippen molar-refractivity contribution in [1.29, 1.82) is 0 Å². The quantitative estimate of drug-likeness (QED) is 0.249. The van der Waals surface area contributed by atoms with Crippen molar-refractivity contribution in [2.45, 2.75) is 32.1 Å². The molecule has 0 bridgehead atoms. The lowest BCUT2D eigenvalue weighted by atomic mass is 10.0. The Bertz CT molecular complexity index is 1820. The van der Waals surface area contributed by atoms with Crippen molar-refractivity contribution in [3.63, 3.8) is 0 Å². The smallest absolute Gasteiger partial charge is 0.337 e. The second-order valence-electron chi connectivity index (χ2n) is 10.6. The lowest BCUT2D eigenvalue weighted by Gasteiger charge is -2.17. The SMILES string of the molecule is COC(=O)c1cc(F)cc([C@H]2C[C@@H]2c2cc(C)n(-c3cc(-c4cccc(C(=O)N(C)C)c4F)ncc3C)c(=O)c2Cl)c1. The summed E-state index contributed by atoms with van der Waals surface area (Å²) >= 11 is 6.66. The topological polar surface area (TPSA) is 81.5 Å². The number of benzene rings is 2. The fraction of sp³-hybridized carbons (Fsp3) is 0.250. The van der Waals surface area contributed by atoms with Crippen molar-refractivity contribution in [3.05, 3.63) is 115 Å². The molecule has 2 heterocycles. The zero-order valence-electron chi connectivity index (χ0n) is 23.7. The molecule has 1 aliphatic rings. The molecule has 0 saturated heterocycles. The number of esters is 1. The van der Waals surface area contributed by atoms with Gasteiger partial charge in [-0.25, -0.2) is 13.6 Å². The van der Waals surface area contributed by atoms with Gasteiger partial charge in [0.25, 0.3) is 11.5 Å². The molecule has 0 N–H and O–H groups in total. The van der Waals surface area contributed by atoms with Crippen molar-refractivity contribution in [1.82, 2.24) is 14.5 Å². The molecule has 7 nitrogen and oxygen atoms in total. The highest BCUT2D eigenvalue weighted by Gasteiger charge is 2.42. The summed E-state index contributed by atoms with van der Waals surface area (Å²) in [6.45, 7) is 3.55. The highest BCUT2D eigenvalue weighted by molar-refractivity contribution is 6.31. The fourth-order valence-corrected chi connectivity index (χ4v) is 5.59. The lowest BCUT2D eigenvalue weighted by molar-refractivity contribution is 0.0599. The van der Waals surface area contributed by atoms with Crippen LogP contribution in [0.1, 0.15) is 61.4 Å². The van der Waals surface area contributed by atoms with Crippen LogP contribution in [-0.4, -0.2) is 47.5 Å². The number of carbonyl (C=O) groups excluding carboxylic acids is 2. The van der Waals surface area contributed by atoms with Crippen molar-refractivity contribution in [2.24, 2.45) is 0 Å². The van der Waals surface area contributed by atoms with Gasteiger partial charge in [-0.1, -0.05) is 17.7 Å². The van der Waals surface area contributed by atoms with Gasteiger partial charge >= 0.3 is 5.97 Å². The molecule has 2 aromatic carbocycles. The monoisotopic (exact) mass is 591 g/mol. The summed E-state index contributed by atoms with van der Waals surface area (Å²) in [6.07, 6.45) is 2.17. The van der Waals surface area contributed by atoms with E-state index in [-0.39, 0.29) is 39.2 Å². The molecule has 1 amide bonds. The average Bonchev–Trinajstić information content (AvgIpc) is 3.76. The Hall–Kier alpha value is -4.37. The molecule has 0 spiro atoms. The summed E-state index contributed by atoms with van der Waals surface area (Å²) < 4.78 is 35.9. The highest BCUT2D eigenvalue weighted by Crippen LogP contribution is 2.56. The molecule has 0 aliphatic heterocycles. The number of rotatable bonds is 6. The maximum Gasteiger partial charge on any atom is 0.337 e. The summed E-state index contributed by atoms with van der Waals surface area (Å²) in [6, 6.07) is 12.0. The van der Waals surface area contributed by atoms with E-state index in [0.717, 1.165) is 6.07 Å². The first-order chi connectivity index (χ1) is 19.9. The number of aryl methyl sites for hydroxylation is 2. The van der Waals surface area contributed by atoms with Gasteiger partial charge in [0.15, 0.2) is 0 Å². The van der Waals surface area contributed by atoms with Gasteiger partial charge in [0.1, 0.15) is 16.7 Å². The molecule has 1 aliphatic carbocycles. The van der Waals surface area contributed by atoms with Crippen molar-refractivity contribution in [2.75, 3.05) is 21.2 Å². The molecule has 2 aromatic heterocycles. The van der Waals surface area contributed by atoms with Crippen LogP contribution in [0.4, 0.5) is 8.78 Å². The number of hydrogen-bond donors (Lipinski definition) is 0. The molecule has 1 fully saturated rings. The van der Waals surface area contributed by atoms with Crippen LogP contribution in [0.25, 0.3) is 16.9 Å². The third-order valence-electron chi connectivity index (χ3n) is 7.55. The van der Waals surface area contributed by atoms with Crippen molar-refractivity contribution < 1.29 is 23.1 Å². The minimum absolute atomic E-state index is 0.0280.